The molecule has 33 heavy (non-hydrogen) atoms. The molecule has 1 heterocycles. The lowest BCUT2D eigenvalue weighted by Crippen LogP contribution is -2.68. The van der Waals surface area contributed by atoms with Crippen molar-refractivity contribution >= 4 is 12.3 Å². The maximum Gasteiger partial charge on any atom is 0.335 e. The number of hydrogen-bond acceptors (Lipinski definition) is 7. The predicted octanol–water partition coefficient (Wildman–Crippen LogP) is 3.11. The number of aldehydes is 1. The molecule has 7 nitrogen and oxygen atoms in total. The molecule has 0 bridgehead atoms. The van der Waals surface area contributed by atoms with Gasteiger partial charge in [-0.25, -0.2) is 4.79 Å². The van der Waals surface area contributed by atoms with Crippen LogP contribution in [-0.2, 0) is 14.3 Å². The molecule has 2 N–H and O–H groups in total. The van der Waals surface area contributed by atoms with Gasteiger partial charge in [0.05, 0.1) is 22.9 Å². The number of rotatable bonds is 3. The van der Waals surface area contributed by atoms with Crippen LogP contribution in [-0.4, -0.2) is 39.8 Å². The molecule has 180 valence electrons. The molecule has 7 heteroatoms. The maximum absolute atomic E-state index is 12.7. The Bertz CT molecular complexity index is 998. The molecular formula is C26H34O7. The Morgan fingerprint density at radius 3 is 2.52 bits per heavy atom. The SMILES string of the molecule is CC(=O)O[C@@H]1CC[C@@]2(C=O)[C@@H]3CC[C@@]4(C)[C@@H](c5ccc(=O)oc5)CC[C@]4(O)[C@@H]3CC[C@]2(O)C1. The molecule has 1 aromatic heterocycles. The maximum atomic E-state index is 12.7. The normalized spacial score (nSPS) is 46.5. The number of fused-ring (bicyclic) bond motifs is 5. The van der Waals surface area contributed by atoms with Gasteiger partial charge in [0.15, 0.2) is 0 Å². The van der Waals surface area contributed by atoms with Crippen LogP contribution in [0.4, 0.5) is 0 Å². The van der Waals surface area contributed by atoms with E-state index in [9.17, 15) is 24.6 Å². The van der Waals surface area contributed by atoms with E-state index < -0.39 is 22.0 Å². The van der Waals surface area contributed by atoms with Gasteiger partial charge in [0.1, 0.15) is 12.4 Å². The fourth-order valence-corrected chi connectivity index (χ4v) is 8.57. The van der Waals surface area contributed by atoms with Gasteiger partial charge in [-0.1, -0.05) is 6.92 Å². The number of aliphatic hydroxyl groups is 2. The van der Waals surface area contributed by atoms with Gasteiger partial charge in [0.25, 0.3) is 0 Å². The molecule has 8 atom stereocenters. The molecule has 0 radical (unpaired) electrons. The van der Waals surface area contributed by atoms with Crippen molar-refractivity contribution in [2.75, 3.05) is 0 Å². The lowest BCUT2D eigenvalue weighted by molar-refractivity contribution is -0.248. The van der Waals surface area contributed by atoms with Gasteiger partial charge in [-0.05, 0) is 80.8 Å². The lowest BCUT2D eigenvalue weighted by Gasteiger charge is -2.65. The molecule has 0 saturated heterocycles. The van der Waals surface area contributed by atoms with Crippen molar-refractivity contribution in [3.8, 4) is 0 Å². The quantitative estimate of drug-likeness (QED) is 0.528. The van der Waals surface area contributed by atoms with Gasteiger partial charge < -0.3 is 24.2 Å². The molecule has 0 amide bonds. The second-order valence-electron chi connectivity index (χ2n) is 11.3. The summed E-state index contributed by atoms with van der Waals surface area (Å²) in [5, 5.41) is 24.0. The summed E-state index contributed by atoms with van der Waals surface area (Å²) in [7, 11) is 0. The summed E-state index contributed by atoms with van der Waals surface area (Å²) in [4.78, 5) is 35.7. The summed E-state index contributed by atoms with van der Waals surface area (Å²) in [5.74, 6) is -0.502. The molecule has 0 aromatic carbocycles. The molecule has 4 saturated carbocycles. The van der Waals surface area contributed by atoms with Crippen LogP contribution in [0.25, 0.3) is 0 Å². The minimum absolute atomic E-state index is 0.0699. The van der Waals surface area contributed by atoms with Crippen LogP contribution in [0.3, 0.4) is 0 Å². The van der Waals surface area contributed by atoms with E-state index in [0.29, 0.717) is 32.1 Å². The van der Waals surface area contributed by atoms with Crippen molar-refractivity contribution in [1.82, 2.24) is 0 Å². The Kier molecular flexibility index (Phi) is 5.18. The van der Waals surface area contributed by atoms with E-state index >= 15 is 0 Å². The summed E-state index contributed by atoms with van der Waals surface area (Å²) in [5.41, 5.74) is -2.96. The zero-order chi connectivity index (χ0) is 23.6. The van der Waals surface area contributed by atoms with Crippen molar-refractivity contribution in [2.24, 2.45) is 22.7 Å². The van der Waals surface area contributed by atoms with Crippen molar-refractivity contribution in [2.45, 2.75) is 94.9 Å². The summed E-state index contributed by atoms with van der Waals surface area (Å²) in [6, 6.07) is 3.24. The molecule has 4 fully saturated rings. The van der Waals surface area contributed by atoms with Crippen molar-refractivity contribution in [3.63, 3.8) is 0 Å². The average Bonchev–Trinajstić information content (AvgIpc) is 3.04. The van der Waals surface area contributed by atoms with Crippen LogP contribution in [0, 0.1) is 22.7 Å². The molecular weight excluding hydrogens is 424 g/mol. The Balaban J connectivity index is 1.47. The number of ether oxygens (including phenoxy) is 1. The minimum Gasteiger partial charge on any atom is -0.462 e. The van der Waals surface area contributed by atoms with E-state index in [-0.39, 0.29) is 41.9 Å². The molecule has 0 aliphatic heterocycles. The molecule has 0 spiro atoms. The Morgan fingerprint density at radius 2 is 1.85 bits per heavy atom. The first-order valence-corrected chi connectivity index (χ1v) is 12.3. The Hall–Kier alpha value is -1.99. The van der Waals surface area contributed by atoms with Crippen LogP contribution in [0.5, 0.6) is 0 Å². The van der Waals surface area contributed by atoms with Crippen LogP contribution < -0.4 is 5.63 Å². The number of esters is 1. The Morgan fingerprint density at radius 1 is 1.09 bits per heavy atom. The molecule has 4 aliphatic rings. The van der Waals surface area contributed by atoms with E-state index in [4.69, 9.17) is 9.15 Å². The zero-order valence-corrected chi connectivity index (χ0v) is 19.4. The van der Waals surface area contributed by atoms with Gasteiger partial charge in [0.2, 0.25) is 0 Å². The van der Waals surface area contributed by atoms with Crippen LogP contribution in [0.15, 0.2) is 27.6 Å². The topological polar surface area (TPSA) is 114 Å². The smallest absolute Gasteiger partial charge is 0.335 e. The Labute approximate surface area is 193 Å². The van der Waals surface area contributed by atoms with Crippen LogP contribution >= 0.6 is 0 Å². The van der Waals surface area contributed by atoms with E-state index in [0.717, 1.165) is 31.1 Å². The number of carbonyl (C=O) groups excluding carboxylic acids is 2. The summed E-state index contributed by atoms with van der Waals surface area (Å²) in [6.45, 7) is 3.51. The molecule has 1 aromatic rings. The molecule has 4 aliphatic carbocycles. The summed E-state index contributed by atoms with van der Waals surface area (Å²) < 4.78 is 10.5. The first-order valence-electron chi connectivity index (χ1n) is 12.3. The highest BCUT2D eigenvalue weighted by atomic mass is 16.5. The van der Waals surface area contributed by atoms with Gasteiger partial charge in [-0.15, -0.1) is 0 Å². The van der Waals surface area contributed by atoms with Gasteiger partial charge in [-0.2, -0.15) is 0 Å². The third-order valence-corrected chi connectivity index (χ3v) is 10.2. The minimum atomic E-state index is -1.22. The zero-order valence-electron chi connectivity index (χ0n) is 19.4. The van der Waals surface area contributed by atoms with Gasteiger partial charge >= 0.3 is 11.6 Å². The second kappa shape index (κ2) is 7.51. The average molecular weight is 459 g/mol. The van der Waals surface area contributed by atoms with E-state index in [1.807, 2.05) is 6.07 Å². The van der Waals surface area contributed by atoms with Gasteiger partial charge in [0, 0.05) is 24.8 Å². The second-order valence-corrected chi connectivity index (χ2v) is 11.3. The molecule has 5 rings (SSSR count). The fourth-order valence-electron chi connectivity index (χ4n) is 8.57. The van der Waals surface area contributed by atoms with Gasteiger partial charge in [-0.3, -0.25) is 4.79 Å². The number of carbonyl (C=O) groups is 2. The monoisotopic (exact) mass is 458 g/mol. The lowest BCUT2D eigenvalue weighted by atomic mass is 9.41. The standard InChI is InChI=1S/C26H34O7/c1-16(28)33-18-5-10-24(15-27)20-6-9-23(2)19(17-3-4-22(29)32-14-17)8-12-26(23,31)21(20)7-11-25(24,30)13-18/h3-4,14-15,18-21,30-31H,5-13H2,1-2H3/t18-,19-,20-,21-,23+,24-,25+,26+/m1/s1. The van der Waals surface area contributed by atoms with Crippen molar-refractivity contribution in [1.29, 1.82) is 0 Å². The predicted molar refractivity (Wildman–Crippen MR) is 118 cm³/mol. The highest BCUT2D eigenvalue weighted by Gasteiger charge is 2.71. The van der Waals surface area contributed by atoms with E-state index in [2.05, 4.69) is 6.92 Å². The third kappa shape index (κ3) is 3.04. The first-order chi connectivity index (χ1) is 15.6. The number of hydrogen-bond donors (Lipinski definition) is 2. The third-order valence-electron chi connectivity index (χ3n) is 10.2. The fraction of sp³-hybridized carbons (Fsp3) is 0.731. The highest BCUT2D eigenvalue weighted by Crippen LogP contribution is 2.71. The molecule has 0 unspecified atom stereocenters. The van der Waals surface area contributed by atoms with E-state index in [1.165, 1.54) is 19.3 Å². The largest absolute Gasteiger partial charge is 0.462 e. The summed E-state index contributed by atoms with van der Waals surface area (Å²) in [6.07, 6.45) is 7.32. The van der Waals surface area contributed by atoms with Crippen LogP contribution in [0.2, 0.25) is 0 Å². The highest BCUT2D eigenvalue weighted by molar-refractivity contribution is 5.67. The van der Waals surface area contributed by atoms with E-state index in [1.54, 1.807) is 0 Å². The summed E-state index contributed by atoms with van der Waals surface area (Å²) >= 11 is 0. The first kappa shape index (κ1) is 22.8. The van der Waals surface area contributed by atoms with Crippen molar-refractivity contribution < 1.29 is 29.0 Å². The van der Waals surface area contributed by atoms with Crippen molar-refractivity contribution in [3.05, 3.63) is 34.4 Å². The van der Waals surface area contributed by atoms with Crippen LogP contribution in [0.1, 0.15) is 83.1 Å².